The lowest BCUT2D eigenvalue weighted by molar-refractivity contribution is -0.125. The minimum atomic E-state index is -4.21. The van der Waals surface area contributed by atoms with Crippen molar-refractivity contribution in [1.29, 1.82) is 5.26 Å². The van der Waals surface area contributed by atoms with Crippen LogP contribution in [0.2, 0.25) is 0 Å². The van der Waals surface area contributed by atoms with Crippen molar-refractivity contribution in [2.45, 2.75) is 18.6 Å². The van der Waals surface area contributed by atoms with Gasteiger partial charge in [-0.1, -0.05) is 0 Å². The second-order valence-corrected chi connectivity index (χ2v) is 6.33. The molecule has 0 amide bonds. The summed E-state index contributed by atoms with van der Waals surface area (Å²) in [4.78, 5) is 13.6. The van der Waals surface area contributed by atoms with Gasteiger partial charge in [0, 0.05) is 36.4 Å². The van der Waals surface area contributed by atoms with Gasteiger partial charge in [-0.15, -0.1) is 0 Å². The van der Waals surface area contributed by atoms with Gasteiger partial charge in [0.15, 0.2) is 0 Å². The van der Waals surface area contributed by atoms with Crippen molar-refractivity contribution in [3.63, 3.8) is 0 Å². The van der Waals surface area contributed by atoms with Gasteiger partial charge in [0.1, 0.15) is 17.4 Å². The van der Waals surface area contributed by atoms with Crippen molar-refractivity contribution < 1.29 is 13.2 Å². The fourth-order valence-corrected chi connectivity index (χ4v) is 3.43. The van der Waals surface area contributed by atoms with Crippen molar-refractivity contribution in [1.82, 2.24) is 20.3 Å². The molecule has 2 N–H and O–H groups in total. The summed E-state index contributed by atoms with van der Waals surface area (Å²) in [6, 6.07) is 5.36. The number of pyridine rings is 2. The van der Waals surface area contributed by atoms with Gasteiger partial charge in [-0.25, -0.2) is 9.97 Å². The Labute approximate surface area is 146 Å². The van der Waals surface area contributed by atoms with Gasteiger partial charge in [0.05, 0.1) is 23.6 Å². The van der Waals surface area contributed by atoms with Crippen LogP contribution < -0.4 is 10.2 Å². The van der Waals surface area contributed by atoms with Gasteiger partial charge in [-0.3, -0.25) is 0 Å². The van der Waals surface area contributed by atoms with E-state index in [9.17, 15) is 13.2 Å². The Balaban J connectivity index is 1.68. The van der Waals surface area contributed by atoms with E-state index in [1.54, 1.807) is 18.5 Å². The summed E-state index contributed by atoms with van der Waals surface area (Å²) in [6.45, 7) is 0.150. The lowest BCUT2D eigenvalue weighted by Crippen LogP contribution is -2.38. The molecule has 0 spiro atoms. The van der Waals surface area contributed by atoms with Crippen molar-refractivity contribution in [3.05, 3.63) is 30.2 Å². The normalized spacial score (nSPS) is 17.9. The van der Waals surface area contributed by atoms with E-state index in [-0.39, 0.29) is 6.04 Å². The Kier molecular flexibility index (Phi) is 3.92. The predicted octanol–water partition coefficient (Wildman–Crippen LogP) is 2.71. The third kappa shape index (κ3) is 3.04. The number of rotatable bonds is 3. The van der Waals surface area contributed by atoms with E-state index in [2.05, 4.69) is 25.2 Å². The third-order valence-electron chi connectivity index (χ3n) is 4.59. The molecule has 4 rings (SSSR count). The number of fused-ring (bicyclic) bond motifs is 3. The van der Waals surface area contributed by atoms with Crippen molar-refractivity contribution in [3.8, 4) is 6.07 Å². The number of hydrogen-bond acceptors (Lipinski definition) is 5. The molecule has 134 valence electrons. The standard InChI is InChI=1S/C17H15F3N6/c18-17(19,20)9-24-10-2-4-26(8-10)14-1-3-22-16-15(14)12-5-11(6-21)23-7-13(12)25-16/h1,3,5,7,10,24H,2,4,8-9H2,(H,22,25). The highest BCUT2D eigenvalue weighted by Crippen LogP contribution is 2.34. The highest BCUT2D eigenvalue weighted by molar-refractivity contribution is 6.12. The fourth-order valence-electron chi connectivity index (χ4n) is 3.43. The van der Waals surface area contributed by atoms with Crippen molar-refractivity contribution in [2.75, 3.05) is 24.5 Å². The molecule has 1 unspecified atom stereocenters. The first-order valence-corrected chi connectivity index (χ1v) is 8.16. The SMILES string of the molecule is N#Cc1cc2c(cn1)[nH]c1nccc(N3CCC(NCC(F)(F)F)C3)c12. The minimum Gasteiger partial charge on any atom is -0.369 e. The highest BCUT2D eigenvalue weighted by atomic mass is 19.4. The number of nitrogens with zero attached hydrogens (tertiary/aromatic N) is 4. The van der Waals surface area contributed by atoms with Crippen LogP contribution in [-0.2, 0) is 0 Å². The Bertz CT molecular complexity index is 1000. The van der Waals surface area contributed by atoms with Gasteiger partial charge in [-0.2, -0.15) is 18.4 Å². The first-order chi connectivity index (χ1) is 12.4. The van der Waals surface area contributed by atoms with E-state index >= 15 is 0 Å². The first kappa shape index (κ1) is 16.6. The molecule has 1 fully saturated rings. The van der Waals surface area contributed by atoms with Crippen LogP contribution in [0.3, 0.4) is 0 Å². The fraction of sp³-hybridized carbons (Fsp3) is 0.353. The van der Waals surface area contributed by atoms with Crippen molar-refractivity contribution >= 4 is 27.6 Å². The molecular weight excluding hydrogens is 345 g/mol. The molecule has 6 nitrogen and oxygen atoms in total. The number of alkyl halides is 3. The predicted molar refractivity (Wildman–Crippen MR) is 90.8 cm³/mol. The second kappa shape index (κ2) is 6.14. The summed E-state index contributed by atoms with van der Waals surface area (Å²) in [6.07, 6.45) is -0.318. The Morgan fingerprint density at radius 3 is 3.00 bits per heavy atom. The molecule has 0 aromatic carbocycles. The summed E-state index contributed by atoms with van der Waals surface area (Å²) >= 11 is 0. The van der Waals surface area contributed by atoms with E-state index in [1.165, 1.54) is 0 Å². The molecule has 4 heterocycles. The lowest BCUT2D eigenvalue weighted by Gasteiger charge is -2.20. The summed E-state index contributed by atoms with van der Waals surface area (Å²) < 4.78 is 37.3. The van der Waals surface area contributed by atoms with E-state index in [0.29, 0.717) is 30.9 Å². The quantitative estimate of drug-likeness (QED) is 0.751. The van der Waals surface area contributed by atoms with E-state index < -0.39 is 12.7 Å². The van der Waals surface area contributed by atoms with Gasteiger partial charge in [-0.05, 0) is 18.6 Å². The molecule has 0 aliphatic carbocycles. The molecule has 0 radical (unpaired) electrons. The van der Waals surface area contributed by atoms with Crippen LogP contribution in [0.4, 0.5) is 18.9 Å². The van der Waals surface area contributed by atoms with Crippen LogP contribution in [0.15, 0.2) is 24.5 Å². The number of aromatic nitrogens is 3. The zero-order valence-corrected chi connectivity index (χ0v) is 13.6. The van der Waals surface area contributed by atoms with Crippen LogP contribution in [0, 0.1) is 11.3 Å². The van der Waals surface area contributed by atoms with Crippen LogP contribution in [0.1, 0.15) is 12.1 Å². The zero-order valence-electron chi connectivity index (χ0n) is 13.6. The molecule has 0 saturated carbocycles. The molecule has 3 aromatic heterocycles. The molecular formula is C17H15F3N6. The Morgan fingerprint density at radius 1 is 1.38 bits per heavy atom. The second-order valence-electron chi connectivity index (χ2n) is 6.33. The van der Waals surface area contributed by atoms with E-state index in [0.717, 1.165) is 22.0 Å². The van der Waals surface area contributed by atoms with Gasteiger partial charge >= 0.3 is 6.18 Å². The third-order valence-corrected chi connectivity index (χ3v) is 4.59. The van der Waals surface area contributed by atoms with Crippen LogP contribution >= 0.6 is 0 Å². The van der Waals surface area contributed by atoms with Crippen LogP contribution in [-0.4, -0.2) is 46.8 Å². The van der Waals surface area contributed by atoms with Gasteiger partial charge < -0.3 is 15.2 Å². The summed E-state index contributed by atoms with van der Waals surface area (Å²) in [5.41, 5.74) is 2.64. The largest absolute Gasteiger partial charge is 0.401 e. The van der Waals surface area contributed by atoms with Crippen LogP contribution in [0.5, 0.6) is 0 Å². The number of nitriles is 1. The van der Waals surface area contributed by atoms with Gasteiger partial charge in [0.25, 0.3) is 0 Å². The van der Waals surface area contributed by atoms with E-state index in [1.807, 2.05) is 12.1 Å². The first-order valence-electron chi connectivity index (χ1n) is 8.16. The lowest BCUT2D eigenvalue weighted by atomic mass is 10.1. The monoisotopic (exact) mass is 360 g/mol. The molecule has 0 bridgehead atoms. The highest BCUT2D eigenvalue weighted by Gasteiger charge is 2.31. The molecule has 9 heteroatoms. The van der Waals surface area contributed by atoms with Crippen molar-refractivity contribution in [2.24, 2.45) is 0 Å². The molecule has 1 saturated heterocycles. The number of halogens is 3. The smallest absolute Gasteiger partial charge is 0.369 e. The summed E-state index contributed by atoms with van der Waals surface area (Å²) in [5, 5.41) is 13.4. The minimum absolute atomic E-state index is 0.221. The Hall–Kier alpha value is -2.86. The number of hydrogen-bond donors (Lipinski definition) is 2. The maximum atomic E-state index is 12.4. The number of aromatic amines is 1. The Morgan fingerprint density at radius 2 is 2.23 bits per heavy atom. The van der Waals surface area contributed by atoms with Crippen LogP contribution in [0.25, 0.3) is 21.9 Å². The molecule has 3 aromatic rings. The topological polar surface area (TPSA) is 80.6 Å². The number of anilines is 1. The average molecular weight is 360 g/mol. The number of H-pyrrole nitrogens is 1. The summed E-state index contributed by atoms with van der Waals surface area (Å²) in [5.74, 6) is 0. The van der Waals surface area contributed by atoms with E-state index in [4.69, 9.17) is 5.26 Å². The zero-order chi connectivity index (χ0) is 18.3. The maximum absolute atomic E-state index is 12.4. The maximum Gasteiger partial charge on any atom is 0.401 e. The molecule has 1 aliphatic heterocycles. The molecule has 26 heavy (non-hydrogen) atoms. The average Bonchev–Trinajstić information content (AvgIpc) is 3.23. The summed E-state index contributed by atoms with van der Waals surface area (Å²) in [7, 11) is 0. The van der Waals surface area contributed by atoms with Gasteiger partial charge in [0.2, 0.25) is 0 Å². The molecule has 1 aliphatic rings. The molecule has 1 atom stereocenters. The number of nitrogens with one attached hydrogen (secondary N) is 2.